The van der Waals surface area contributed by atoms with Crippen molar-refractivity contribution in [3.63, 3.8) is 0 Å². The van der Waals surface area contributed by atoms with Crippen molar-refractivity contribution in [2.24, 2.45) is 5.84 Å². The standard InChI is InChI=1S/C14H16N4O3S2/c15-11-5-1-2-6-12(11)18(16)21-14(19)20-9-10-22-23-13-7-3-4-8-17-13/h1-8H,9-10,15-16H2. The second-order valence-corrected chi connectivity index (χ2v) is 6.58. The van der Waals surface area contributed by atoms with Crippen LogP contribution in [0.2, 0.25) is 0 Å². The van der Waals surface area contributed by atoms with E-state index in [1.807, 2.05) is 18.2 Å². The molecule has 0 aliphatic rings. The first-order valence-electron chi connectivity index (χ1n) is 6.61. The number of nitrogens with zero attached hydrogens (tertiary/aromatic N) is 2. The Morgan fingerprint density at radius 2 is 2.00 bits per heavy atom. The van der Waals surface area contributed by atoms with Crippen molar-refractivity contribution in [2.75, 3.05) is 23.3 Å². The van der Waals surface area contributed by atoms with Crippen LogP contribution in [0.4, 0.5) is 16.2 Å². The molecule has 0 amide bonds. The summed E-state index contributed by atoms with van der Waals surface area (Å²) in [5.41, 5.74) is 6.50. The van der Waals surface area contributed by atoms with Gasteiger partial charge in [-0.2, -0.15) is 0 Å². The lowest BCUT2D eigenvalue weighted by Gasteiger charge is -2.18. The van der Waals surface area contributed by atoms with Gasteiger partial charge >= 0.3 is 6.16 Å². The first kappa shape index (κ1) is 17.3. The lowest BCUT2D eigenvalue weighted by atomic mass is 10.3. The molecule has 0 bridgehead atoms. The number of para-hydroxylation sites is 2. The van der Waals surface area contributed by atoms with Gasteiger partial charge in [0.1, 0.15) is 17.3 Å². The number of hydrazine groups is 1. The summed E-state index contributed by atoms with van der Waals surface area (Å²) in [5.74, 6) is 6.21. The Morgan fingerprint density at radius 3 is 2.74 bits per heavy atom. The van der Waals surface area contributed by atoms with Gasteiger partial charge in [0.15, 0.2) is 0 Å². The maximum absolute atomic E-state index is 11.5. The zero-order chi connectivity index (χ0) is 16.5. The molecule has 2 rings (SSSR count). The monoisotopic (exact) mass is 352 g/mol. The van der Waals surface area contributed by atoms with Crippen LogP contribution in [0.1, 0.15) is 0 Å². The number of anilines is 2. The molecule has 1 aromatic carbocycles. The minimum absolute atomic E-state index is 0.196. The Hall–Kier alpha value is -2.10. The zero-order valence-electron chi connectivity index (χ0n) is 12.1. The minimum atomic E-state index is -0.890. The van der Waals surface area contributed by atoms with Gasteiger partial charge in [0.25, 0.3) is 0 Å². The van der Waals surface area contributed by atoms with Crippen LogP contribution in [0.3, 0.4) is 0 Å². The zero-order valence-corrected chi connectivity index (χ0v) is 13.8. The first-order valence-corrected chi connectivity index (χ1v) is 8.93. The Labute approximate surface area is 141 Å². The third kappa shape index (κ3) is 5.89. The molecule has 0 spiro atoms. The molecular formula is C14H16N4O3S2. The fourth-order valence-corrected chi connectivity index (χ4v) is 3.21. The van der Waals surface area contributed by atoms with Crippen molar-refractivity contribution >= 4 is 39.1 Å². The van der Waals surface area contributed by atoms with Gasteiger partial charge in [-0.3, -0.25) is 4.84 Å². The number of nitrogens with two attached hydrogens (primary N) is 2. The summed E-state index contributed by atoms with van der Waals surface area (Å²) >= 11 is 0. The SMILES string of the molecule is Nc1ccccc1N(N)OC(=O)OCCSSc1ccccn1. The maximum atomic E-state index is 11.5. The molecule has 0 saturated heterocycles. The van der Waals surface area contributed by atoms with E-state index in [2.05, 4.69) is 4.98 Å². The highest BCUT2D eigenvalue weighted by Crippen LogP contribution is 2.28. The number of carbonyl (C=O) groups excluding carboxylic acids is 1. The van der Waals surface area contributed by atoms with Crippen LogP contribution < -0.4 is 16.7 Å². The van der Waals surface area contributed by atoms with Crippen LogP contribution in [0, 0.1) is 0 Å². The van der Waals surface area contributed by atoms with Crippen molar-refractivity contribution in [3.8, 4) is 0 Å². The summed E-state index contributed by atoms with van der Waals surface area (Å²) in [7, 11) is 3.03. The number of carbonyl (C=O) groups is 1. The predicted octanol–water partition coefficient (Wildman–Crippen LogP) is 2.85. The Morgan fingerprint density at radius 1 is 1.22 bits per heavy atom. The average molecular weight is 352 g/mol. The number of aromatic nitrogens is 1. The fourth-order valence-electron chi connectivity index (χ4n) is 1.50. The number of rotatable bonds is 7. The van der Waals surface area contributed by atoms with Crippen molar-refractivity contribution in [2.45, 2.75) is 5.03 Å². The maximum Gasteiger partial charge on any atom is 0.534 e. The molecule has 0 aliphatic carbocycles. The van der Waals surface area contributed by atoms with Gasteiger partial charge in [-0.1, -0.05) is 29.0 Å². The van der Waals surface area contributed by atoms with E-state index in [9.17, 15) is 4.79 Å². The Balaban J connectivity index is 1.64. The normalized spacial score (nSPS) is 10.1. The van der Waals surface area contributed by atoms with E-state index < -0.39 is 6.16 Å². The van der Waals surface area contributed by atoms with E-state index >= 15 is 0 Å². The largest absolute Gasteiger partial charge is 0.534 e. The summed E-state index contributed by atoms with van der Waals surface area (Å²) in [6.45, 7) is 0.196. The first-order chi connectivity index (χ1) is 11.2. The molecule has 0 aliphatic heterocycles. The van der Waals surface area contributed by atoms with Crippen LogP contribution in [-0.4, -0.2) is 23.5 Å². The van der Waals surface area contributed by atoms with E-state index in [1.165, 1.54) is 21.6 Å². The van der Waals surface area contributed by atoms with Crippen LogP contribution in [0.25, 0.3) is 0 Å². The van der Waals surface area contributed by atoms with E-state index in [0.29, 0.717) is 17.1 Å². The van der Waals surface area contributed by atoms with Crippen LogP contribution >= 0.6 is 21.6 Å². The van der Waals surface area contributed by atoms with Crippen molar-refractivity contribution in [1.29, 1.82) is 0 Å². The molecule has 1 heterocycles. The van der Waals surface area contributed by atoms with E-state index in [0.717, 1.165) is 10.2 Å². The van der Waals surface area contributed by atoms with Crippen LogP contribution in [-0.2, 0) is 9.57 Å². The van der Waals surface area contributed by atoms with Gasteiger partial charge < -0.3 is 10.5 Å². The second-order valence-electron chi connectivity index (χ2n) is 4.15. The van der Waals surface area contributed by atoms with Gasteiger partial charge in [0, 0.05) is 11.9 Å². The molecule has 0 atom stereocenters. The number of pyridine rings is 1. The molecule has 0 fully saturated rings. The van der Waals surface area contributed by atoms with Crippen LogP contribution in [0.15, 0.2) is 53.7 Å². The fraction of sp³-hybridized carbons (Fsp3) is 0.143. The lowest BCUT2D eigenvalue weighted by Crippen LogP contribution is -2.34. The van der Waals surface area contributed by atoms with E-state index in [-0.39, 0.29) is 6.61 Å². The number of benzene rings is 1. The topological polar surface area (TPSA) is 104 Å². The summed E-state index contributed by atoms with van der Waals surface area (Å²) in [5, 5.41) is 1.68. The number of ether oxygens (including phenoxy) is 1. The molecule has 7 nitrogen and oxygen atoms in total. The van der Waals surface area contributed by atoms with Gasteiger partial charge in [0.05, 0.1) is 5.69 Å². The number of hydrogen-bond donors (Lipinski definition) is 2. The summed E-state index contributed by atoms with van der Waals surface area (Å²) in [6, 6.07) is 12.4. The molecule has 0 unspecified atom stereocenters. The minimum Gasteiger partial charge on any atom is -0.432 e. The van der Waals surface area contributed by atoms with E-state index in [4.69, 9.17) is 21.2 Å². The van der Waals surface area contributed by atoms with Gasteiger partial charge in [0.2, 0.25) is 0 Å². The highest BCUT2D eigenvalue weighted by molar-refractivity contribution is 8.76. The smallest absolute Gasteiger partial charge is 0.432 e. The highest BCUT2D eigenvalue weighted by Gasteiger charge is 2.12. The predicted molar refractivity (Wildman–Crippen MR) is 92.5 cm³/mol. The molecule has 122 valence electrons. The molecule has 0 saturated carbocycles. The van der Waals surface area contributed by atoms with Gasteiger partial charge in [-0.15, -0.1) is 5.17 Å². The second kappa shape index (κ2) is 9.13. The molecule has 23 heavy (non-hydrogen) atoms. The molecule has 2 aromatic rings. The quantitative estimate of drug-likeness (QED) is 0.194. The van der Waals surface area contributed by atoms with Gasteiger partial charge in [-0.05, 0) is 35.1 Å². The van der Waals surface area contributed by atoms with Crippen LogP contribution in [0.5, 0.6) is 0 Å². The van der Waals surface area contributed by atoms with Crippen molar-refractivity contribution in [1.82, 2.24) is 4.98 Å². The molecular weight excluding hydrogens is 336 g/mol. The molecule has 1 aromatic heterocycles. The molecule has 9 heteroatoms. The van der Waals surface area contributed by atoms with Gasteiger partial charge in [-0.25, -0.2) is 15.6 Å². The van der Waals surface area contributed by atoms with Crippen molar-refractivity contribution in [3.05, 3.63) is 48.7 Å². The lowest BCUT2D eigenvalue weighted by molar-refractivity contribution is 0.0505. The summed E-state index contributed by atoms with van der Waals surface area (Å²) < 4.78 is 4.93. The van der Waals surface area contributed by atoms with Crippen molar-refractivity contribution < 1.29 is 14.4 Å². The number of nitrogen functional groups attached to an aromatic ring is 1. The third-order valence-corrected chi connectivity index (χ3v) is 4.74. The Bertz CT molecular complexity index is 630. The summed E-state index contributed by atoms with van der Waals surface area (Å²) in [4.78, 5) is 20.5. The Kier molecular flexibility index (Phi) is 6.85. The molecule has 0 radical (unpaired) electrons. The highest BCUT2D eigenvalue weighted by atomic mass is 33.1. The third-order valence-electron chi connectivity index (χ3n) is 2.52. The number of hydrogen-bond acceptors (Lipinski definition) is 9. The molecule has 4 N–H and O–H groups in total. The average Bonchev–Trinajstić information content (AvgIpc) is 2.56. The summed E-state index contributed by atoms with van der Waals surface area (Å²) in [6.07, 6.45) is 0.834. The van der Waals surface area contributed by atoms with E-state index in [1.54, 1.807) is 30.5 Å².